The summed E-state index contributed by atoms with van der Waals surface area (Å²) in [5.41, 5.74) is 0.757. The van der Waals surface area contributed by atoms with Gasteiger partial charge in [-0.1, -0.05) is 39.5 Å². The van der Waals surface area contributed by atoms with E-state index < -0.39 is 0 Å². The number of hydrogen-bond donors (Lipinski definition) is 0. The van der Waals surface area contributed by atoms with Crippen molar-refractivity contribution >= 4 is 5.78 Å². The monoisotopic (exact) mass is 222 g/mol. The summed E-state index contributed by atoms with van der Waals surface area (Å²) >= 11 is 0. The SMILES string of the molecule is C=C/C(C(C)=O)=C(\C=C/CC(C)(C)C)OC. The second-order valence-electron chi connectivity index (χ2n) is 4.91. The Balaban J connectivity index is 4.88. The molecule has 0 atom stereocenters. The van der Waals surface area contributed by atoms with E-state index >= 15 is 0 Å². The molecule has 0 amide bonds. The van der Waals surface area contributed by atoms with Crippen molar-refractivity contribution in [2.75, 3.05) is 7.11 Å². The van der Waals surface area contributed by atoms with Crippen molar-refractivity contribution in [2.24, 2.45) is 5.41 Å². The van der Waals surface area contributed by atoms with Crippen molar-refractivity contribution in [3.63, 3.8) is 0 Å². The van der Waals surface area contributed by atoms with Gasteiger partial charge in [-0.2, -0.15) is 0 Å². The van der Waals surface area contributed by atoms with Gasteiger partial charge in [-0.15, -0.1) is 0 Å². The summed E-state index contributed by atoms with van der Waals surface area (Å²) in [6.07, 6.45) is 6.32. The largest absolute Gasteiger partial charge is 0.496 e. The summed E-state index contributed by atoms with van der Waals surface area (Å²) in [4.78, 5) is 11.3. The van der Waals surface area contributed by atoms with E-state index in [2.05, 4.69) is 27.4 Å². The molecule has 0 aromatic heterocycles. The highest BCUT2D eigenvalue weighted by Gasteiger charge is 2.09. The Morgan fingerprint density at radius 1 is 1.38 bits per heavy atom. The number of rotatable bonds is 5. The Labute approximate surface area is 98.7 Å². The van der Waals surface area contributed by atoms with Crippen molar-refractivity contribution in [1.29, 1.82) is 0 Å². The van der Waals surface area contributed by atoms with Crippen LogP contribution in [0.25, 0.3) is 0 Å². The number of methoxy groups -OCH3 is 1. The van der Waals surface area contributed by atoms with E-state index in [9.17, 15) is 4.79 Å². The summed E-state index contributed by atoms with van der Waals surface area (Å²) < 4.78 is 5.18. The molecular weight excluding hydrogens is 200 g/mol. The van der Waals surface area contributed by atoms with E-state index in [1.54, 1.807) is 7.11 Å². The predicted octanol–water partition coefficient (Wildman–Crippen LogP) is 3.65. The lowest BCUT2D eigenvalue weighted by molar-refractivity contribution is -0.113. The molecule has 0 bridgehead atoms. The molecule has 0 aliphatic carbocycles. The standard InChI is InChI=1S/C14H22O2/c1-7-12(11(2)15)13(16-6)9-8-10-14(3,4)5/h7-9H,1,10H2,2-6H3/b9-8-,13-12-. The van der Waals surface area contributed by atoms with Crippen LogP contribution in [0.3, 0.4) is 0 Å². The average molecular weight is 222 g/mol. The molecule has 0 aromatic carbocycles. The first-order valence-corrected chi connectivity index (χ1v) is 5.40. The van der Waals surface area contributed by atoms with Gasteiger partial charge >= 0.3 is 0 Å². The molecule has 0 heterocycles. The Morgan fingerprint density at radius 2 is 1.94 bits per heavy atom. The van der Waals surface area contributed by atoms with Gasteiger partial charge < -0.3 is 4.74 Å². The van der Waals surface area contributed by atoms with Crippen molar-refractivity contribution in [3.05, 3.63) is 36.1 Å². The molecule has 0 unspecified atom stereocenters. The van der Waals surface area contributed by atoms with Gasteiger partial charge in [0.1, 0.15) is 5.76 Å². The molecule has 0 radical (unpaired) electrons. The molecule has 2 nitrogen and oxygen atoms in total. The fraction of sp³-hybridized carbons (Fsp3) is 0.500. The third kappa shape index (κ3) is 5.54. The van der Waals surface area contributed by atoms with Gasteiger partial charge in [-0.05, 0) is 24.8 Å². The lowest BCUT2D eigenvalue weighted by Gasteiger charge is -2.14. The van der Waals surface area contributed by atoms with Gasteiger partial charge in [0.05, 0.1) is 12.7 Å². The minimum atomic E-state index is -0.0349. The highest BCUT2D eigenvalue weighted by molar-refractivity contribution is 5.96. The van der Waals surface area contributed by atoms with Crippen LogP contribution in [0.4, 0.5) is 0 Å². The van der Waals surface area contributed by atoms with Crippen molar-refractivity contribution in [2.45, 2.75) is 34.1 Å². The first kappa shape index (κ1) is 14.7. The molecule has 90 valence electrons. The second-order valence-corrected chi connectivity index (χ2v) is 4.91. The van der Waals surface area contributed by atoms with Gasteiger partial charge in [-0.3, -0.25) is 4.79 Å². The lowest BCUT2D eigenvalue weighted by Crippen LogP contribution is -2.03. The number of carbonyl (C=O) groups excluding carboxylic acids is 1. The van der Waals surface area contributed by atoms with Crippen molar-refractivity contribution in [1.82, 2.24) is 0 Å². The maximum absolute atomic E-state index is 11.3. The van der Waals surface area contributed by atoms with Gasteiger partial charge in [0.25, 0.3) is 0 Å². The zero-order valence-corrected chi connectivity index (χ0v) is 11.0. The van der Waals surface area contributed by atoms with Crippen LogP contribution in [0.2, 0.25) is 0 Å². The first-order chi connectivity index (χ1) is 7.31. The van der Waals surface area contributed by atoms with Gasteiger partial charge in [0, 0.05) is 0 Å². The highest BCUT2D eigenvalue weighted by atomic mass is 16.5. The summed E-state index contributed by atoms with van der Waals surface area (Å²) in [6, 6.07) is 0. The van der Waals surface area contributed by atoms with E-state index in [-0.39, 0.29) is 11.2 Å². The lowest BCUT2D eigenvalue weighted by atomic mass is 9.92. The van der Waals surface area contributed by atoms with Crippen LogP contribution < -0.4 is 0 Å². The van der Waals surface area contributed by atoms with Crippen LogP contribution in [0.15, 0.2) is 36.1 Å². The maximum atomic E-state index is 11.3. The Kier molecular flexibility index (Phi) is 5.79. The molecule has 0 aromatic rings. The second kappa shape index (κ2) is 6.31. The van der Waals surface area contributed by atoms with E-state index in [0.29, 0.717) is 11.3 Å². The molecule has 0 aliphatic rings. The Bertz CT molecular complexity index is 314. The molecule has 0 aliphatic heterocycles. The first-order valence-electron chi connectivity index (χ1n) is 5.40. The Morgan fingerprint density at radius 3 is 2.25 bits per heavy atom. The fourth-order valence-electron chi connectivity index (χ4n) is 1.21. The molecule has 0 fully saturated rings. The van der Waals surface area contributed by atoms with Crippen LogP contribution in [0.1, 0.15) is 34.1 Å². The number of Topliss-reactive ketones (excluding diaryl/α,β-unsaturated/α-hetero) is 1. The van der Waals surface area contributed by atoms with Gasteiger partial charge in [0.2, 0.25) is 0 Å². The van der Waals surface area contributed by atoms with E-state index in [0.717, 1.165) is 6.42 Å². The molecule has 2 heteroatoms. The third-order valence-corrected chi connectivity index (χ3v) is 2.07. The van der Waals surface area contributed by atoms with E-state index in [4.69, 9.17) is 4.74 Å². The number of carbonyl (C=O) groups is 1. The van der Waals surface area contributed by atoms with Crippen molar-refractivity contribution in [3.8, 4) is 0 Å². The van der Waals surface area contributed by atoms with E-state index in [1.165, 1.54) is 13.0 Å². The third-order valence-electron chi connectivity index (χ3n) is 2.07. The quantitative estimate of drug-likeness (QED) is 0.403. The maximum Gasteiger partial charge on any atom is 0.163 e. The number of ether oxygens (including phenoxy) is 1. The van der Waals surface area contributed by atoms with Crippen LogP contribution in [-0.2, 0) is 9.53 Å². The fourth-order valence-corrected chi connectivity index (χ4v) is 1.21. The normalized spacial score (nSPS) is 13.6. The smallest absolute Gasteiger partial charge is 0.163 e. The van der Waals surface area contributed by atoms with E-state index in [1.807, 2.05) is 12.2 Å². The zero-order chi connectivity index (χ0) is 12.8. The molecular formula is C14H22O2. The number of hydrogen-bond acceptors (Lipinski definition) is 2. The minimum absolute atomic E-state index is 0.0349. The molecule has 16 heavy (non-hydrogen) atoms. The summed E-state index contributed by atoms with van der Waals surface area (Å²) in [7, 11) is 1.56. The molecule has 0 saturated heterocycles. The van der Waals surface area contributed by atoms with Crippen LogP contribution in [0, 0.1) is 5.41 Å². The molecule has 0 saturated carbocycles. The molecule has 0 rings (SSSR count). The van der Waals surface area contributed by atoms with Gasteiger partial charge in [0.15, 0.2) is 5.78 Å². The highest BCUT2D eigenvalue weighted by Crippen LogP contribution is 2.20. The zero-order valence-electron chi connectivity index (χ0n) is 11.0. The Hall–Kier alpha value is -1.31. The summed E-state index contributed by atoms with van der Waals surface area (Å²) in [5, 5.41) is 0. The molecule has 0 N–H and O–H groups in total. The van der Waals surface area contributed by atoms with Crippen LogP contribution in [-0.4, -0.2) is 12.9 Å². The molecule has 0 spiro atoms. The van der Waals surface area contributed by atoms with Crippen molar-refractivity contribution < 1.29 is 9.53 Å². The van der Waals surface area contributed by atoms with Gasteiger partial charge in [-0.25, -0.2) is 0 Å². The minimum Gasteiger partial charge on any atom is -0.496 e. The number of ketones is 1. The summed E-state index contributed by atoms with van der Waals surface area (Å²) in [5.74, 6) is 0.541. The van der Waals surface area contributed by atoms with Crippen LogP contribution in [0.5, 0.6) is 0 Å². The summed E-state index contributed by atoms with van der Waals surface area (Å²) in [6.45, 7) is 11.6. The topological polar surface area (TPSA) is 26.3 Å². The average Bonchev–Trinajstić information content (AvgIpc) is 2.14. The predicted molar refractivity (Wildman–Crippen MR) is 68.1 cm³/mol. The van der Waals surface area contributed by atoms with Crippen LogP contribution >= 0.6 is 0 Å². The number of allylic oxidation sites excluding steroid dienone is 4.